The molecule has 5 atom stereocenters. The lowest BCUT2D eigenvalue weighted by molar-refractivity contribution is -0.150. The van der Waals surface area contributed by atoms with Crippen molar-refractivity contribution in [1.82, 2.24) is 30.4 Å². The van der Waals surface area contributed by atoms with Crippen molar-refractivity contribution in [3.63, 3.8) is 0 Å². The first-order valence-electron chi connectivity index (χ1n) is 13.7. The standard InChI is InChI=1S/C28H36N6O4/c1-3-38-27(37)28-17-21(28)15-11-6-4-5-8-12-19(2)26(36)33-18-22(16-23(33)25(35)29-28)34-31-24(30-32-34)20-13-9-7-10-14-20/h7,9-11,13-15,19,21-23H,3-6,8,12,16-18H2,1-2H3,(H,29,35)/b15-11-/t19-,21-,22+,23-,28+/m0/s1. The van der Waals surface area contributed by atoms with Crippen molar-refractivity contribution in [3.8, 4) is 11.4 Å². The van der Waals surface area contributed by atoms with E-state index < -0.39 is 17.6 Å². The van der Waals surface area contributed by atoms with Crippen molar-refractivity contribution in [3.05, 3.63) is 42.5 Å². The number of carbonyl (C=O) groups is 3. The quantitative estimate of drug-likeness (QED) is 0.486. The number of carbonyl (C=O) groups excluding carboxylic acids is 3. The van der Waals surface area contributed by atoms with Crippen molar-refractivity contribution in [1.29, 1.82) is 0 Å². The highest BCUT2D eigenvalue weighted by molar-refractivity contribution is 5.95. The molecule has 1 aromatic heterocycles. The van der Waals surface area contributed by atoms with E-state index in [2.05, 4.69) is 26.8 Å². The van der Waals surface area contributed by atoms with Crippen LogP contribution in [0.3, 0.4) is 0 Å². The summed E-state index contributed by atoms with van der Waals surface area (Å²) in [4.78, 5) is 43.5. The third kappa shape index (κ3) is 5.21. The number of hydrogen-bond acceptors (Lipinski definition) is 7. The molecule has 2 amide bonds. The third-order valence-corrected chi connectivity index (χ3v) is 7.95. The summed E-state index contributed by atoms with van der Waals surface area (Å²) in [5, 5.41) is 16.0. The Balaban J connectivity index is 1.41. The van der Waals surface area contributed by atoms with Crippen LogP contribution in [0.1, 0.15) is 64.8 Å². The number of aromatic nitrogens is 4. The molecule has 1 saturated carbocycles. The van der Waals surface area contributed by atoms with Crippen LogP contribution in [0.25, 0.3) is 11.4 Å². The van der Waals surface area contributed by atoms with Gasteiger partial charge in [-0.05, 0) is 37.8 Å². The molecule has 2 aliphatic heterocycles. The fraction of sp³-hybridized carbons (Fsp3) is 0.571. The molecule has 1 saturated heterocycles. The number of nitrogens with zero attached hydrogens (tertiary/aromatic N) is 5. The molecule has 0 unspecified atom stereocenters. The minimum Gasteiger partial charge on any atom is -0.464 e. The first-order valence-corrected chi connectivity index (χ1v) is 13.7. The minimum atomic E-state index is -1.08. The zero-order valence-corrected chi connectivity index (χ0v) is 22.1. The minimum absolute atomic E-state index is 0.0541. The zero-order valence-electron chi connectivity index (χ0n) is 22.1. The zero-order chi connectivity index (χ0) is 26.7. The summed E-state index contributed by atoms with van der Waals surface area (Å²) in [6, 6.07) is 8.52. The number of tetrazole rings is 1. The Morgan fingerprint density at radius 1 is 1.18 bits per heavy atom. The highest BCUT2D eigenvalue weighted by atomic mass is 16.5. The topological polar surface area (TPSA) is 119 Å². The molecule has 10 nitrogen and oxygen atoms in total. The van der Waals surface area contributed by atoms with Gasteiger partial charge in [0.25, 0.3) is 0 Å². The SMILES string of the molecule is CCOC(=O)[C@@]12C[C@@H]1/C=C\CCCCC[C@H](C)C(=O)N1C[C@H](n3nnc(-c4ccccc4)n3)C[C@H]1C(=O)N2. The normalized spacial score (nSPS) is 30.8. The second-order valence-electron chi connectivity index (χ2n) is 10.7. The van der Waals surface area contributed by atoms with Crippen molar-refractivity contribution in [2.75, 3.05) is 13.2 Å². The number of rotatable bonds is 4. The number of esters is 1. The molecule has 1 N–H and O–H groups in total. The largest absolute Gasteiger partial charge is 0.464 e. The van der Waals surface area contributed by atoms with Gasteiger partial charge >= 0.3 is 5.97 Å². The molecule has 1 aliphatic carbocycles. The number of benzene rings is 1. The molecular formula is C28H36N6O4. The summed E-state index contributed by atoms with van der Waals surface area (Å²) in [7, 11) is 0. The molecule has 5 rings (SSSR count). The Morgan fingerprint density at radius 3 is 2.79 bits per heavy atom. The Bertz CT molecular complexity index is 1200. The molecule has 0 bridgehead atoms. The highest BCUT2D eigenvalue weighted by Gasteiger charge is 2.62. The van der Waals surface area contributed by atoms with Crippen LogP contribution in [0, 0.1) is 11.8 Å². The number of fused-ring (bicyclic) bond motifs is 2. The molecule has 0 radical (unpaired) electrons. The van der Waals surface area contributed by atoms with E-state index in [-0.39, 0.29) is 36.3 Å². The molecule has 10 heteroatoms. The van der Waals surface area contributed by atoms with Crippen molar-refractivity contribution >= 4 is 17.8 Å². The van der Waals surface area contributed by atoms with Crippen LogP contribution in [0.4, 0.5) is 0 Å². The van der Waals surface area contributed by atoms with E-state index in [1.165, 1.54) is 4.80 Å². The summed E-state index contributed by atoms with van der Waals surface area (Å²) in [5.41, 5.74) is -0.230. The van der Waals surface area contributed by atoms with Crippen LogP contribution in [0.2, 0.25) is 0 Å². The first kappa shape index (κ1) is 26.1. The lowest BCUT2D eigenvalue weighted by Crippen LogP contribution is -2.54. The van der Waals surface area contributed by atoms with Crippen molar-refractivity contribution in [2.24, 2.45) is 11.8 Å². The van der Waals surface area contributed by atoms with Gasteiger partial charge in [-0.3, -0.25) is 9.59 Å². The summed E-state index contributed by atoms with van der Waals surface area (Å²) < 4.78 is 5.35. The fourth-order valence-electron chi connectivity index (χ4n) is 5.63. The molecule has 0 spiro atoms. The van der Waals surface area contributed by atoms with E-state index in [1.54, 1.807) is 11.8 Å². The van der Waals surface area contributed by atoms with Gasteiger partial charge in [-0.15, -0.1) is 10.2 Å². The van der Waals surface area contributed by atoms with E-state index in [1.807, 2.05) is 43.3 Å². The Kier molecular flexibility index (Phi) is 7.58. The van der Waals surface area contributed by atoms with E-state index in [0.29, 0.717) is 25.2 Å². The van der Waals surface area contributed by atoms with E-state index in [9.17, 15) is 14.4 Å². The molecular weight excluding hydrogens is 484 g/mol. The van der Waals surface area contributed by atoms with Crippen molar-refractivity contribution in [2.45, 2.75) is 76.4 Å². The average molecular weight is 521 g/mol. The van der Waals surface area contributed by atoms with Gasteiger partial charge in [-0.1, -0.05) is 62.2 Å². The molecule has 2 fully saturated rings. The molecule has 38 heavy (non-hydrogen) atoms. The molecule has 202 valence electrons. The van der Waals surface area contributed by atoms with Crippen LogP contribution in [0.5, 0.6) is 0 Å². The Morgan fingerprint density at radius 2 is 2.00 bits per heavy atom. The van der Waals surface area contributed by atoms with Gasteiger partial charge in [0.05, 0.1) is 12.6 Å². The van der Waals surface area contributed by atoms with Gasteiger partial charge < -0.3 is 15.0 Å². The van der Waals surface area contributed by atoms with Crippen molar-refractivity contribution < 1.29 is 19.1 Å². The number of amides is 2. The number of hydrogen-bond donors (Lipinski definition) is 1. The Hall–Kier alpha value is -3.56. The molecule has 1 aromatic carbocycles. The lowest BCUT2D eigenvalue weighted by atomic mass is 10.0. The van der Waals surface area contributed by atoms with Gasteiger partial charge in [0, 0.05) is 30.4 Å². The van der Waals surface area contributed by atoms with Crippen LogP contribution in [-0.4, -0.2) is 67.6 Å². The second-order valence-corrected chi connectivity index (χ2v) is 10.7. The van der Waals surface area contributed by atoms with Gasteiger partial charge in [0.1, 0.15) is 11.6 Å². The maximum absolute atomic E-state index is 13.7. The highest BCUT2D eigenvalue weighted by Crippen LogP contribution is 2.46. The molecule has 2 aromatic rings. The second kappa shape index (κ2) is 11.0. The summed E-state index contributed by atoms with van der Waals surface area (Å²) in [6.07, 6.45) is 9.67. The van der Waals surface area contributed by atoms with E-state index >= 15 is 0 Å². The summed E-state index contributed by atoms with van der Waals surface area (Å²) in [6.45, 7) is 4.24. The van der Waals surface area contributed by atoms with Gasteiger partial charge in [-0.2, -0.15) is 4.80 Å². The monoisotopic (exact) mass is 520 g/mol. The predicted molar refractivity (Wildman–Crippen MR) is 139 cm³/mol. The average Bonchev–Trinajstić information content (AvgIpc) is 3.25. The number of ether oxygens (including phenoxy) is 1. The Labute approximate surface area is 222 Å². The van der Waals surface area contributed by atoms with Crippen LogP contribution >= 0.6 is 0 Å². The van der Waals surface area contributed by atoms with Crippen LogP contribution in [0.15, 0.2) is 42.5 Å². The first-order chi connectivity index (χ1) is 18.4. The van der Waals surface area contributed by atoms with Crippen LogP contribution in [-0.2, 0) is 19.1 Å². The number of nitrogens with one attached hydrogen (secondary N) is 1. The lowest BCUT2D eigenvalue weighted by Gasteiger charge is -2.28. The smallest absolute Gasteiger partial charge is 0.332 e. The maximum Gasteiger partial charge on any atom is 0.332 e. The maximum atomic E-state index is 13.7. The number of allylic oxidation sites excluding steroid dienone is 1. The molecule has 3 heterocycles. The van der Waals surface area contributed by atoms with E-state index in [4.69, 9.17) is 4.74 Å². The van der Waals surface area contributed by atoms with Crippen LogP contribution < -0.4 is 5.32 Å². The van der Waals surface area contributed by atoms with Gasteiger partial charge in [-0.25, -0.2) is 4.79 Å². The fourth-order valence-corrected chi connectivity index (χ4v) is 5.63. The van der Waals surface area contributed by atoms with Gasteiger partial charge in [0.15, 0.2) is 0 Å². The summed E-state index contributed by atoms with van der Waals surface area (Å²) in [5.74, 6) is -0.634. The van der Waals surface area contributed by atoms with E-state index in [0.717, 1.165) is 37.7 Å². The molecule has 3 aliphatic rings. The predicted octanol–water partition coefficient (Wildman–Crippen LogP) is 3.08. The van der Waals surface area contributed by atoms with Gasteiger partial charge in [0.2, 0.25) is 17.6 Å². The summed E-state index contributed by atoms with van der Waals surface area (Å²) >= 11 is 0. The third-order valence-electron chi connectivity index (χ3n) is 7.95.